The van der Waals surface area contributed by atoms with Gasteiger partial charge in [0.2, 0.25) is 0 Å². The Balaban J connectivity index is 1.89. The van der Waals surface area contributed by atoms with Gasteiger partial charge in [-0.1, -0.05) is 36.4 Å². The molecule has 0 unspecified atom stereocenters. The van der Waals surface area contributed by atoms with Gasteiger partial charge >= 0.3 is 0 Å². The van der Waals surface area contributed by atoms with Crippen LogP contribution < -0.4 is 10.5 Å². The molecular formula is C17H17NO2. The summed E-state index contributed by atoms with van der Waals surface area (Å²) in [4.78, 5) is 12.5. The Morgan fingerprint density at radius 2 is 1.90 bits per heavy atom. The molecule has 3 nitrogen and oxygen atoms in total. The summed E-state index contributed by atoms with van der Waals surface area (Å²) in [5, 5.41) is 0. The van der Waals surface area contributed by atoms with Gasteiger partial charge in [-0.05, 0) is 22.8 Å². The van der Waals surface area contributed by atoms with E-state index < -0.39 is 0 Å². The standard InChI is InChI=1S/C17H17NO2/c18-11-14-5-2-1-4-13(14)10-16(19)15-7-3-6-12-8-9-20-17(12)15/h1-7H,8-11,18H2. The monoisotopic (exact) mass is 267 g/mol. The van der Waals surface area contributed by atoms with Crippen molar-refractivity contribution in [2.24, 2.45) is 5.73 Å². The first-order chi connectivity index (χ1) is 9.79. The van der Waals surface area contributed by atoms with Gasteiger partial charge in [0.1, 0.15) is 5.75 Å². The van der Waals surface area contributed by atoms with E-state index in [4.69, 9.17) is 10.5 Å². The van der Waals surface area contributed by atoms with E-state index in [2.05, 4.69) is 0 Å². The number of carbonyl (C=O) groups excluding carboxylic acids is 1. The maximum Gasteiger partial charge on any atom is 0.170 e. The van der Waals surface area contributed by atoms with Gasteiger partial charge < -0.3 is 10.5 Å². The number of para-hydroxylation sites is 1. The lowest BCUT2D eigenvalue weighted by molar-refractivity contribution is 0.0989. The minimum Gasteiger partial charge on any atom is -0.492 e. The third-order valence-corrected chi connectivity index (χ3v) is 3.70. The minimum absolute atomic E-state index is 0.0876. The summed E-state index contributed by atoms with van der Waals surface area (Å²) < 4.78 is 5.60. The number of Topliss-reactive ketones (excluding diaryl/α,β-unsaturated/α-hetero) is 1. The molecule has 2 N–H and O–H groups in total. The van der Waals surface area contributed by atoms with Gasteiger partial charge in [0, 0.05) is 19.4 Å². The second-order valence-electron chi connectivity index (χ2n) is 4.97. The van der Waals surface area contributed by atoms with Gasteiger partial charge in [-0.25, -0.2) is 0 Å². The summed E-state index contributed by atoms with van der Waals surface area (Å²) >= 11 is 0. The van der Waals surface area contributed by atoms with E-state index in [-0.39, 0.29) is 5.78 Å². The van der Waals surface area contributed by atoms with Crippen LogP contribution in [0.2, 0.25) is 0 Å². The second-order valence-corrected chi connectivity index (χ2v) is 4.97. The molecule has 0 saturated heterocycles. The first-order valence-corrected chi connectivity index (χ1v) is 6.84. The molecule has 3 heteroatoms. The van der Waals surface area contributed by atoms with Gasteiger partial charge in [-0.2, -0.15) is 0 Å². The highest BCUT2D eigenvalue weighted by molar-refractivity contribution is 6.00. The molecule has 3 rings (SSSR count). The van der Waals surface area contributed by atoms with E-state index in [0.29, 0.717) is 25.1 Å². The van der Waals surface area contributed by atoms with Crippen LogP contribution in [0, 0.1) is 0 Å². The summed E-state index contributed by atoms with van der Waals surface area (Å²) in [7, 11) is 0. The molecule has 1 aliphatic heterocycles. The molecular weight excluding hydrogens is 250 g/mol. The first-order valence-electron chi connectivity index (χ1n) is 6.84. The molecule has 2 aromatic carbocycles. The largest absolute Gasteiger partial charge is 0.492 e. The fourth-order valence-electron chi connectivity index (χ4n) is 2.63. The fourth-order valence-corrected chi connectivity index (χ4v) is 2.63. The number of hydrogen-bond donors (Lipinski definition) is 1. The van der Waals surface area contributed by atoms with Crippen LogP contribution in [-0.2, 0) is 19.4 Å². The maximum atomic E-state index is 12.5. The van der Waals surface area contributed by atoms with Crippen molar-refractivity contribution in [3.05, 3.63) is 64.7 Å². The molecule has 0 radical (unpaired) electrons. The van der Waals surface area contributed by atoms with Crippen molar-refractivity contribution in [2.75, 3.05) is 6.61 Å². The van der Waals surface area contributed by atoms with Crippen LogP contribution in [0.4, 0.5) is 0 Å². The molecule has 0 spiro atoms. The number of nitrogens with two attached hydrogens (primary N) is 1. The van der Waals surface area contributed by atoms with Crippen LogP contribution in [0.3, 0.4) is 0 Å². The van der Waals surface area contributed by atoms with Gasteiger partial charge in [-0.15, -0.1) is 0 Å². The summed E-state index contributed by atoms with van der Waals surface area (Å²) in [5.74, 6) is 0.854. The van der Waals surface area contributed by atoms with Crippen molar-refractivity contribution >= 4 is 5.78 Å². The number of hydrogen-bond acceptors (Lipinski definition) is 3. The van der Waals surface area contributed by atoms with E-state index in [9.17, 15) is 4.79 Å². The zero-order valence-electron chi connectivity index (χ0n) is 11.3. The van der Waals surface area contributed by atoms with E-state index in [0.717, 1.165) is 28.9 Å². The third-order valence-electron chi connectivity index (χ3n) is 3.70. The van der Waals surface area contributed by atoms with Crippen molar-refractivity contribution < 1.29 is 9.53 Å². The highest BCUT2D eigenvalue weighted by Crippen LogP contribution is 2.30. The molecule has 1 aliphatic rings. The van der Waals surface area contributed by atoms with E-state index in [1.165, 1.54) is 0 Å². The highest BCUT2D eigenvalue weighted by Gasteiger charge is 2.20. The number of carbonyl (C=O) groups is 1. The predicted molar refractivity (Wildman–Crippen MR) is 78.0 cm³/mol. The maximum absolute atomic E-state index is 12.5. The zero-order valence-corrected chi connectivity index (χ0v) is 11.3. The molecule has 1 heterocycles. The molecule has 0 saturated carbocycles. The molecule has 0 amide bonds. The van der Waals surface area contributed by atoms with Crippen molar-refractivity contribution in [3.63, 3.8) is 0 Å². The lowest BCUT2D eigenvalue weighted by atomic mass is 9.97. The molecule has 102 valence electrons. The molecule has 0 atom stereocenters. The number of ketones is 1. The van der Waals surface area contributed by atoms with Crippen LogP contribution in [0.1, 0.15) is 27.0 Å². The van der Waals surface area contributed by atoms with Crippen LogP contribution >= 0.6 is 0 Å². The van der Waals surface area contributed by atoms with Crippen molar-refractivity contribution in [3.8, 4) is 5.75 Å². The van der Waals surface area contributed by atoms with Crippen molar-refractivity contribution in [2.45, 2.75) is 19.4 Å². The Bertz CT molecular complexity index is 649. The van der Waals surface area contributed by atoms with Crippen LogP contribution in [0.25, 0.3) is 0 Å². The summed E-state index contributed by atoms with van der Waals surface area (Å²) in [6.45, 7) is 1.12. The lowest BCUT2D eigenvalue weighted by Gasteiger charge is -2.09. The topological polar surface area (TPSA) is 52.3 Å². The quantitative estimate of drug-likeness (QED) is 0.866. The van der Waals surface area contributed by atoms with E-state index >= 15 is 0 Å². The lowest BCUT2D eigenvalue weighted by Crippen LogP contribution is -2.09. The fraction of sp³-hybridized carbons (Fsp3) is 0.235. The van der Waals surface area contributed by atoms with Gasteiger partial charge in [-0.3, -0.25) is 4.79 Å². The smallest absolute Gasteiger partial charge is 0.170 e. The SMILES string of the molecule is NCc1ccccc1CC(=O)c1cccc2c1OCC2. The number of rotatable bonds is 4. The normalized spacial score (nSPS) is 12.8. The molecule has 0 aliphatic carbocycles. The number of ether oxygens (including phenoxy) is 1. The predicted octanol–water partition coefficient (Wildman–Crippen LogP) is 2.51. The molecule has 0 bridgehead atoms. The van der Waals surface area contributed by atoms with E-state index in [1.807, 2.05) is 42.5 Å². The Labute approximate surface area is 118 Å². The molecule has 20 heavy (non-hydrogen) atoms. The van der Waals surface area contributed by atoms with E-state index in [1.54, 1.807) is 0 Å². The molecule has 2 aromatic rings. The Hall–Kier alpha value is -2.13. The first kappa shape index (κ1) is 12.9. The van der Waals surface area contributed by atoms with Crippen LogP contribution in [0.15, 0.2) is 42.5 Å². The molecule has 0 fully saturated rings. The number of benzene rings is 2. The molecule has 0 aromatic heterocycles. The van der Waals surface area contributed by atoms with Crippen molar-refractivity contribution in [1.29, 1.82) is 0 Å². The van der Waals surface area contributed by atoms with Crippen LogP contribution in [-0.4, -0.2) is 12.4 Å². The highest BCUT2D eigenvalue weighted by atomic mass is 16.5. The zero-order chi connectivity index (χ0) is 13.9. The third kappa shape index (κ3) is 2.32. The summed E-state index contributed by atoms with van der Waals surface area (Å²) in [6.07, 6.45) is 1.25. The summed E-state index contributed by atoms with van der Waals surface area (Å²) in [5.41, 5.74) is 9.55. The summed E-state index contributed by atoms with van der Waals surface area (Å²) in [6, 6.07) is 13.6. The second kappa shape index (κ2) is 5.47. The van der Waals surface area contributed by atoms with Gasteiger partial charge in [0.05, 0.1) is 12.2 Å². The average Bonchev–Trinajstić information content (AvgIpc) is 2.96. The average molecular weight is 267 g/mol. The number of fused-ring (bicyclic) bond motifs is 1. The Morgan fingerprint density at radius 1 is 1.10 bits per heavy atom. The Kier molecular flexibility index (Phi) is 3.52. The van der Waals surface area contributed by atoms with Gasteiger partial charge in [0.15, 0.2) is 5.78 Å². The van der Waals surface area contributed by atoms with Crippen molar-refractivity contribution in [1.82, 2.24) is 0 Å². The minimum atomic E-state index is 0.0876. The Morgan fingerprint density at radius 3 is 2.70 bits per heavy atom. The van der Waals surface area contributed by atoms with Gasteiger partial charge in [0.25, 0.3) is 0 Å². The van der Waals surface area contributed by atoms with Crippen LogP contribution in [0.5, 0.6) is 5.75 Å².